The molecule has 0 aliphatic carbocycles. The van der Waals surface area contributed by atoms with Crippen LogP contribution in [-0.2, 0) is 10.3 Å². The van der Waals surface area contributed by atoms with Gasteiger partial charge in [0.25, 0.3) is 0 Å². The third kappa shape index (κ3) is 4.79. The number of benzene rings is 2. The van der Waals surface area contributed by atoms with Crippen molar-refractivity contribution in [2.75, 3.05) is 11.9 Å². The van der Waals surface area contributed by atoms with Gasteiger partial charge in [-0.05, 0) is 50.6 Å². The number of para-hydroxylation sites is 1. The molecule has 0 bridgehead atoms. The highest BCUT2D eigenvalue weighted by Crippen LogP contribution is 2.21. The second kappa shape index (κ2) is 7.79. The first kappa shape index (κ1) is 18.4. The van der Waals surface area contributed by atoms with Gasteiger partial charge in [0.05, 0.1) is 23.4 Å². The molecule has 0 unspecified atom stereocenters. The van der Waals surface area contributed by atoms with Gasteiger partial charge in [-0.3, -0.25) is 0 Å². The molecule has 0 saturated carbocycles. The molecule has 0 aromatic heterocycles. The third-order valence-corrected chi connectivity index (χ3v) is 3.66. The molecular weight excluding hydrogens is 323 g/mol. The first-order chi connectivity index (χ1) is 11.8. The van der Waals surface area contributed by atoms with E-state index in [0.717, 1.165) is 5.56 Å². The van der Waals surface area contributed by atoms with E-state index >= 15 is 0 Å². The summed E-state index contributed by atoms with van der Waals surface area (Å²) in [6, 6.07) is 12.0. The van der Waals surface area contributed by atoms with Crippen molar-refractivity contribution in [3.63, 3.8) is 0 Å². The molecule has 2 aromatic carbocycles. The van der Waals surface area contributed by atoms with E-state index in [9.17, 15) is 14.0 Å². The first-order valence-corrected chi connectivity index (χ1v) is 7.95. The number of hydrogen-bond acceptors (Lipinski definition) is 3. The SMILES string of the molecule is CCOC(=O)c1ccccc1NC(=O)NC(C)(C)c1ccc(F)cc1. The minimum Gasteiger partial charge on any atom is -0.462 e. The van der Waals surface area contributed by atoms with Crippen LogP contribution in [0.1, 0.15) is 36.7 Å². The van der Waals surface area contributed by atoms with Crippen molar-refractivity contribution in [3.8, 4) is 0 Å². The van der Waals surface area contributed by atoms with Gasteiger partial charge in [0.15, 0.2) is 0 Å². The van der Waals surface area contributed by atoms with Crippen LogP contribution in [0.25, 0.3) is 0 Å². The van der Waals surface area contributed by atoms with E-state index in [1.807, 2.05) is 0 Å². The topological polar surface area (TPSA) is 67.4 Å². The van der Waals surface area contributed by atoms with Gasteiger partial charge in [-0.1, -0.05) is 24.3 Å². The van der Waals surface area contributed by atoms with E-state index in [1.54, 1.807) is 57.2 Å². The highest BCUT2D eigenvalue weighted by atomic mass is 19.1. The van der Waals surface area contributed by atoms with Gasteiger partial charge in [-0.25, -0.2) is 14.0 Å². The van der Waals surface area contributed by atoms with E-state index in [0.29, 0.717) is 5.69 Å². The zero-order valence-corrected chi connectivity index (χ0v) is 14.4. The number of anilines is 1. The molecule has 0 spiro atoms. The fourth-order valence-corrected chi connectivity index (χ4v) is 2.36. The Kier molecular flexibility index (Phi) is 5.75. The largest absolute Gasteiger partial charge is 0.462 e. The summed E-state index contributed by atoms with van der Waals surface area (Å²) in [6.07, 6.45) is 0. The van der Waals surface area contributed by atoms with Gasteiger partial charge in [-0.2, -0.15) is 0 Å². The lowest BCUT2D eigenvalue weighted by Gasteiger charge is -2.27. The maximum absolute atomic E-state index is 13.1. The molecule has 25 heavy (non-hydrogen) atoms. The van der Waals surface area contributed by atoms with Crippen molar-refractivity contribution >= 4 is 17.7 Å². The molecular formula is C19H21FN2O3. The summed E-state index contributed by atoms with van der Waals surface area (Å²) in [6.45, 7) is 5.57. The Labute approximate surface area is 146 Å². The van der Waals surface area contributed by atoms with Crippen molar-refractivity contribution in [1.29, 1.82) is 0 Å². The number of esters is 1. The summed E-state index contributed by atoms with van der Waals surface area (Å²) < 4.78 is 18.0. The molecule has 0 aliphatic heterocycles. The zero-order valence-electron chi connectivity index (χ0n) is 14.4. The zero-order chi connectivity index (χ0) is 18.4. The second-order valence-corrected chi connectivity index (χ2v) is 5.98. The predicted molar refractivity (Wildman–Crippen MR) is 94.0 cm³/mol. The molecule has 2 N–H and O–H groups in total. The summed E-state index contributed by atoms with van der Waals surface area (Å²) >= 11 is 0. The lowest BCUT2D eigenvalue weighted by Crippen LogP contribution is -2.43. The number of carbonyl (C=O) groups is 2. The highest BCUT2D eigenvalue weighted by molar-refractivity contribution is 6.00. The maximum Gasteiger partial charge on any atom is 0.340 e. The van der Waals surface area contributed by atoms with Crippen LogP contribution in [0.2, 0.25) is 0 Å². The van der Waals surface area contributed by atoms with E-state index < -0.39 is 17.5 Å². The van der Waals surface area contributed by atoms with Crippen molar-refractivity contribution in [2.24, 2.45) is 0 Å². The number of rotatable bonds is 5. The van der Waals surface area contributed by atoms with Gasteiger partial charge in [-0.15, -0.1) is 0 Å². The van der Waals surface area contributed by atoms with Crippen LogP contribution < -0.4 is 10.6 Å². The quantitative estimate of drug-likeness (QED) is 0.804. The normalized spacial score (nSPS) is 10.9. The van der Waals surface area contributed by atoms with E-state index in [1.165, 1.54) is 12.1 Å². The number of carbonyl (C=O) groups excluding carboxylic acids is 2. The van der Waals surface area contributed by atoms with Crippen LogP contribution in [0, 0.1) is 5.82 Å². The summed E-state index contributed by atoms with van der Waals surface area (Å²) in [7, 11) is 0. The first-order valence-electron chi connectivity index (χ1n) is 7.95. The van der Waals surface area contributed by atoms with Crippen molar-refractivity contribution < 1.29 is 18.7 Å². The molecule has 6 heteroatoms. The van der Waals surface area contributed by atoms with Crippen LogP contribution in [0.4, 0.5) is 14.9 Å². The van der Waals surface area contributed by atoms with Crippen molar-refractivity contribution in [2.45, 2.75) is 26.3 Å². The molecule has 0 aliphatic rings. The van der Waals surface area contributed by atoms with Crippen LogP contribution in [0.5, 0.6) is 0 Å². The Morgan fingerprint density at radius 2 is 1.72 bits per heavy atom. The van der Waals surface area contributed by atoms with E-state index in [2.05, 4.69) is 10.6 Å². The molecule has 2 aromatic rings. The standard InChI is InChI=1S/C19H21FN2O3/c1-4-25-17(23)15-7-5-6-8-16(15)21-18(24)22-19(2,3)13-9-11-14(20)12-10-13/h5-12H,4H2,1-3H3,(H2,21,22,24). The van der Waals surface area contributed by atoms with Crippen LogP contribution >= 0.6 is 0 Å². The summed E-state index contributed by atoms with van der Waals surface area (Å²) in [4.78, 5) is 24.3. The minimum absolute atomic E-state index is 0.247. The van der Waals surface area contributed by atoms with E-state index in [-0.39, 0.29) is 18.0 Å². The lowest BCUT2D eigenvalue weighted by molar-refractivity contribution is 0.0527. The predicted octanol–water partition coefficient (Wildman–Crippen LogP) is 4.06. The Morgan fingerprint density at radius 3 is 2.36 bits per heavy atom. The van der Waals surface area contributed by atoms with Crippen molar-refractivity contribution in [1.82, 2.24) is 5.32 Å². The smallest absolute Gasteiger partial charge is 0.340 e. The Morgan fingerprint density at radius 1 is 1.08 bits per heavy atom. The maximum atomic E-state index is 13.1. The molecule has 2 rings (SSSR count). The number of ether oxygens (including phenoxy) is 1. The number of halogens is 1. The number of hydrogen-bond donors (Lipinski definition) is 2. The highest BCUT2D eigenvalue weighted by Gasteiger charge is 2.23. The minimum atomic E-state index is -0.726. The van der Waals surface area contributed by atoms with Gasteiger partial charge in [0.2, 0.25) is 0 Å². The third-order valence-electron chi connectivity index (χ3n) is 3.66. The Hall–Kier alpha value is -2.89. The van der Waals surface area contributed by atoms with Gasteiger partial charge in [0, 0.05) is 0 Å². The molecule has 5 nitrogen and oxygen atoms in total. The molecule has 0 fully saturated rings. The molecule has 2 amide bonds. The van der Waals surface area contributed by atoms with Gasteiger partial charge in [0.1, 0.15) is 5.82 Å². The molecule has 0 heterocycles. The van der Waals surface area contributed by atoms with Crippen LogP contribution in [-0.4, -0.2) is 18.6 Å². The summed E-state index contributed by atoms with van der Waals surface area (Å²) in [5, 5.41) is 5.48. The van der Waals surface area contributed by atoms with Crippen LogP contribution in [0.3, 0.4) is 0 Å². The monoisotopic (exact) mass is 344 g/mol. The fourth-order valence-electron chi connectivity index (χ4n) is 2.36. The van der Waals surface area contributed by atoms with Gasteiger partial charge >= 0.3 is 12.0 Å². The molecule has 132 valence electrons. The average molecular weight is 344 g/mol. The van der Waals surface area contributed by atoms with E-state index in [4.69, 9.17) is 4.74 Å². The summed E-state index contributed by atoms with van der Waals surface area (Å²) in [5.74, 6) is -0.844. The number of urea groups is 1. The summed E-state index contributed by atoms with van der Waals surface area (Å²) in [5.41, 5.74) is 0.659. The fraction of sp³-hybridized carbons (Fsp3) is 0.263. The number of amides is 2. The molecule has 0 saturated heterocycles. The Balaban J connectivity index is 2.12. The second-order valence-electron chi connectivity index (χ2n) is 5.98. The number of nitrogens with one attached hydrogen (secondary N) is 2. The average Bonchev–Trinajstić information content (AvgIpc) is 2.55. The molecule has 0 atom stereocenters. The van der Waals surface area contributed by atoms with Crippen molar-refractivity contribution in [3.05, 3.63) is 65.5 Å². The Bertz CT molecular complexity index is 758. The van der Waals surface area contributed by atoms with Gasteiger partial charge < -0.3 is 15.4 Å². The van der Waals surface area contributed by atoms with Crippen LogP contribution in [0.15, 0.2) is 48.5 Å². The molecule has 0 radical (unpaired) electrons. The lowest BCUT2D eigenvalue weighted by atomic mass is 9.94.